The fourth-order valence-electron chi connectivity index (χ4n) is 2.40. The predicted octanol–water partition coefficient (Wildman–Crippen LogP) is 3.64. The highest BCUT2D eigenvalue weighted by Gasteiger charge is 2.43. The van der Waals surface area contributed by atoms with Crippen LogP contribution in [0.5, 0.6) is 0 Å². The molecule has 3 rings (SSSR count). The number of rotatable bonds is 4. The molecule has 0 saturated heterocycles. The fourth-order valence-corrected chi connectivity index (χ4v) is 2.40. The van der Waals surface area contributed by atoms with Gasteiger partial charge in [0, 0.05) is 11.8 Å². The Labute approximate surface area is 145 Å². The molecule has 9 heteroatoms. The Morgan fingerprint density at radius 3 is 2.62 bits per heavy atom. The second-order valence-electron chi connectivity index (χ2n) is 5.37. The van der Waals surface area contributed by atoms with Crippen molar-refractivity contribution < 1.29 is 22.4 Å². The van der Waals surface area contributed by atoms with Crippen molar-refractivity contribution in [3.8, 4) is 11.3 Å². The van der Waals surface area contributed by atoms with Crippen molar-refractivity contribution in [2.75, 3.05) is 0 Å². The molecule has 0 aliphatic carbocycles. The second kappa shape index (κ2) is 6.95. The molecule has 1 amide bonds. The van der Waals surface area contributed by atoms with Gasteiger partial charge >= 0.3 is 6.18 Å². The lowest BCUT2D eigenvalue weighted by atomic mass is 10.1. The van der Waals surface area contributed by atoms with Crippen LogP contribution in [0.1, 0.15) is 22.1 Å². The van der Waals surface area contributed by atoms with Crippen LogP contribution in [0.25, 0.3) is 11.3 Å². The summed E-state index contributed by atoms with van der Waals surface area (Å²) in [5, 5.41) is 8.11. The Balaban J connectivity index is 1.91. The number of carbonyl (C=O) groups is 1. The molecule has 1 aromatic carbocycles. The van der Waals surface area contributed by atoms with E-state index in [1.165, 1.54) is 42.6 Å². The average molecular weight is 364 g/mol. The molecule has 0 fully saturated rings. The van der Waals surface area contributed by atoms with Crippen molar-refractivity contribution in [3.05, 3.63) is 71.9 Å². The van der Waals surface area contributed by atoms with Gasteiger partial charge in [-0.15, -0.1) is 0 Å². The normalized spacial score (nSPS) is 12.6. The monoisotopic (exact) mass is 364 g/mol. The van der Waals surface area contributed by atoms with Gasteiger partial charge in [-0.05, 0) is 24.3 Å². The molecular formula is C17H12F4N4O. The van der Waals surface area contributed by atoms with Gasteiger partial charge in [-0.3, -0.25) is 14.9 Å². The Hall–Kier alpha value is -3.23. The number of nitrogens with zero attached hydrogens (tertiary/aromatic N) is 2. The molecule has 0 bridgehead atoms. The molecule has 3 aromatic rings. The largest absolute Gasteiger partial charge is 0.414 e. The number of pyridine rings is 1. The third kappa shape index (κ3) is 3.71. The summed E-state index contributed by atoms with van der Waals surface area (Å²) in [6, 6.07) is 7.02. The third-order valence-electron chi connectivity index (χ3n) is 3.58. The number of halogens is 4. The number of nitrogens with one attached hydrogen (secondary N) is 2. The lowest BCUT2D eigenvalue weighted by Gasteiger charge is -2.21. The molecule has 0 saturated carbocycles. The molecule has 2 N–H and O–H groups in total. The predicted molar refractivity (Wildman–Crippen MR) is 84.5 cm³/mol. The summed E-state index contributed by atoms with van der Waals surface area (Å²) < 4.78 is 53.5. The van der Waals surface area contributed by atoms with E-state index < -0.39 is 23.9 Å². The van der Waals surface area contributed by atoms with E-state index in [2.05, 4.69) is 15.2 Å². The molecule has 0 spiro atoms. The van der Waals surface area contributed by atoms with E-state index in [0.29, 0.717) is 0 Å². The molecule has 134 valence electrons. The van der Waals surface area contributed by atoms with Crippen molar-refractivity contribution >= 4 is 5.91 Å². The molecule has 0 unspecified atom stereocenters. The number of aromatic nitrogens is 3. The number of H-pyrrole nitrogens is 1. The molecule has 0 aliphatic heterocycles. The van der Waals surface area contributed by atoms with Crippen molar-refractivity contribution in [3.63, 3.8) is 0 Å². The van der Waals surface area contributed by atoms with Gasteiger partial charge in [0.25, 0.3) is 5.91 Å². The molecular weight excluding hydrogens is 352 g/mol. The Bertz CT molecular complexity index is 908. The molecule has 0 aliphatic rings. The second-order valence-corrected chi connectivity index (χ2v) is 5.37. The number of aromatic amines is 1. The van der Waals surface area contributed by atoms with Gasteiger partial charge in [0.15, 0.2) is 6.04 Å². The standard InChI is InChI=1S/C17H12F4N4O/c18-11-5-3-4-10(8-11)14-12(9-23-25-14)16(26)24-15(17(19,20)21)13-6-1-2-7-22-13/h1-9,15H,(H,23,25)(H,24,26)/t15-/m1/s1. The summed E-state index contributed by atoms with van der Waals surface area (Å²) in [5.41, 5.74) is -0.0806. The SMILES string of the molecule is O=C(N[C@H](c1ccccn1)C(F)(F)F)c1cn[nH]c1-c1cccc(F)c1. The number of amides is 1. The minimum absolute atomic E-state index is 0.115. The van der Waals surface area contributed by atoms with Crippen LogP contribution in [0, 0.1) is 5.82 Å². The fraction of sp³-hybridized carbons (Fsp3) is 0.118. The van der Waals surface area contributed by atoms with E-state index in [4.69, 9.17) is 0 Å². The van der Waals surface area contributed by atoms with Gasteiger partial charge in [0.05, 0.1) is 23.1 Å². The minimum Gasteiger partial charge on any atom is -0.335 e. The third-order valence-corrected chi connectivity index (χ3v) is 3.58. The number of benzene rings is 1. The van der Waals surface area contributed by atoms with Crippen LogP contribution >= 0.6 is 0 Å². The highest BCUT2D eigenvalue weighted by atomic mass is 19.4. The Kier molecular flexibility index (Phi) is 4.70. The number of alkyl halides is 3. The van der Waals surface area contributed by atoms with Gasteiger partial charge in [-0.1, -0.05) is 18.2 Å². The maximum atomic E-state index is 13.4. The zero-order valence-electron chi connectivity index (χ0n) is 13.1. The molecule has 0 radical (unpaired) electrons. The summed E-state index contributed by atoms with van der Waals surface area (Å²) in [5.74, 6) is -1.56. The smallest absolute Gasteiger partial charge is 0.335 e. The minimum atomic E-state index is -4.74. The van der Waals surface area contributed by atoms with E-state index in [1.54, 1.807) is 0 Å². The molecule has 2 aromatic heterocycles. The topological polar surface area (TPSA) is 70.7 Å². The lowest BCUT2D eigenvalue weighted by molar-refractivity contribution is -0.156. The quantitative estimate of drug-likeness (QED) is 0.695. The van der Waals surface area contributed by atoms with Gasteiger partial charge < -0.3 is 5.32 Å². The summed E-state index contributed by atoms with van der Waals surface area (Å²) in [6.07, 6.45) is -2.45. The van der Waals surface area contributed by atoms with Crippen molar-refractivity contribution in [2.45, 2.75) is 12.2 Å². The molecule has 1 atom stereocenters. The van der Waals surface area contributed by atoms with Crippen LogP contribution < -0.4 is 5.32 Å². The van der Waals surface area contributed by atoms with Crippen LogP contribution in [0.3, 0.4) is 0 Å². The van der Waals surface area contributed by atoms with Crippen molar-refractivity contribution in [2.24, 2.45) is 0 Å². The Morgan fingerprint density at radius 2 is 1.96 bits per heavy atom. The van der Waals surface area contributed by atoms with Crippen molar-refractivity contribution in [1.29, 1.82) is 0 Å². The first-order chi connectivity index (χ1) is 12.4. The maximum absolute atomic E-state index is 13.4. The van der Waals surface area contributed by atoms with Gasteiger partial charge in [-0.25, -0.2) is 4.39 Å². The van der Waals surface area contributed by atoms with Crippen LogP contribution in [-0.4, -0.2) is 27.3 Å². The van der Waals surface area contributed by atoms with E-state index >= 15 is 0 Å². The zero-order chi connectivity index (χ0) is 18.7. The number of hydrogen-bond donors (Lipinski definition) is 2. The van der Waals surface area contributed by atoms with Crippen LogP contribution in [0.2, 0.25) is 0 Å². The van der Waals surface area contributed by atoms with E-state index in [0.717, 1.165) is 12.3 Å². The first kappa shape index (κ1) is 17.6. The van der Waals surface area contributed by atoms with Gasteiger partial charge in [0.1, 0.15) is 5.82 Å². The average Bonchev–Trinajstić information content (AvgIpc) is 3.09. The first-order valence-electron chi connectivity index (χ1n) is 7.44. The number of hydrogen-bond acceptors (Lipinski definition) is 3. The zero-order valence-corrected chi connectivity index (χ0v) is 13.1. The summed E-state index contributed by atoms with van der Waals surface area (Å²) in [4.78, 5) is 16.1. The van der Waals surface area contributed by atoms with E-state index in [-0.39, 0.29) is 22.5 Å². The van der Waals surface area contributed by atoms with Crippen LogP contribution in [0.4, 0.5) is 17.6 Å². The molecule has 2 heterocycles. The van der Waals surface area contributed by atoms with Crippen LogP contribution in [0.15, 0.2) is 54.9 Å². The van der Waals surface area contributed by atoms with Crippen molar-refractivity contribution in [1.82, 2.24) is 20.5 Å². The van der Waals surface area contributed by atoms with Crippen LogP contribution in [-0.2, 0) is 0 Å². The highest BCUT2D eigenvalue weighted by molar-refractivity contribution is 5.99. The first-order valence-corrected chi connectivity index (χ1v) is 7.44. The molecule has 26 heavy (non-hydrogen) atoms. The number of carbonyl (C=O) groups excluding carboxylic acids is 1. The maximum Gasteiger partial charge on any atom is 0.414 e. The molecule has 5 nitrogen and oxygen atoms in total. The highest BCUT2D eigenvalue weighted by Crippen LogP contribution is 2.32. The lowest BCUT2D eigenvalue weighted by Crippen LogP contribution is -2.38. The Morgan fingerprint density at radius 1 is 1.15 bits per heavy atom. The summed E-state index contributed by atoms with van der Waals surface area (Å²) in [7, 11) is 0. The summed E-state index contributed by atoms with van der Waals surface area (Å²) in [6.45, 7) is 0. The van der Waals surface area contributed by atoms with E-state index in [1.807, 2.05) is 5.32 Å². The van der Waals surface area contributed by atoms with Gasteiger partial charge in [0.2, 0.25) is 0 Å². The summed E-state index contributed by atoms with van der Waals surface area (Å²) >= 11 is 0. The van der Waals surface area contributed by atoms with Gasteiger partial charge in [-0.2, -0.15) is 18.3 Å². The van der Waals surface area contributed by atoms with E-state index in [9.17, 15) is 22.4 Å².